The second kappa shape index (κ2) is 9.71. The number of hydrogen-bond acceptors (Lipinski definition) is 5. The van der Waals surface area contributed by atoms with E-state index in [4.69, 9.17) is 9.47 Å². The van der Waals surface area contributed by atoms with Crippen LogP contribution in [0.15, 0.2) is 41.7 Å². The van der Waals surface area contributed by atoms with E-state index in [1.807, 2.05) is 42.8 Å². The fraction of sp³-hybridized carbons (Fsp3) is 0.364. The van der Waals surface area contributed by atoms with Gasteiger partial charge in [0.2, 0.25) is 6.79 Å². The first-order valence-corrected chi connectivity index (χ1v) is 10.4. The molecule has 10 heteroatoms. The third-order valence-electron chi connectivity index (χ3n) is 4.92. The van der Waals surface area contributed by atoms with Crippen molar-refractivity contribution >= 4 is 11.6 Å². The minimum atomic E-state index is -2.95. The van der Waals surface area contributed by atoms with E-state index < -0.39 is 6.61 Å². The Bertz CT molecular complexity index is 1120. The number of benzene rings is 1. The van der Waals surface area contributed by atoms with E-state index in [-0.39, 0.29) is 19.1 Å². The van der Waals surface area contributed by atoms with Gasteiger partial charge in [0.1, 0.15) is 11.4 Å². The highest BCUT2D eigenvalue weighted by Gasteiger charge is 2.20. The number of fused-ring (bicyclic) bond motifs is 2. The molecule has 170 valence electrons. The Morgan fingerprint density at radius 3 is 2.84 bits per heavy atom. The smallest absolute Gasteiger partial charge is 0.387 e. The van der Waals surface area contributed by atoms with Crippen LogP contribution < -0.4 is 24.8 Å². The van der Waals surface area contributed by atoms with Gasteiger partial charge in [-0.2, -0.15) is 8.78 Å². The summed E-state index contributed by atoms with van der Waals surface area (Å²) in [5.74, 6) is 1.44. The van der Waals surface area contributed by atoms with Crippen LogP contribution in [0.5, 0.6) is 17.2 Å². The molecule has 2 N–H and O–H groups in total. The molecule has 0 spiro atoms. The Kier molecular flexibility index (Phi) is 6.58. The minimum Gasteiger partial charge on any atom is -0.454 e. The molecule has 4 rings (SSSR count). The van der Waals surface area contributed by atoms with Crippen LogP contribution in [0.1, 0.15) is 23.7 Å². The van der Waals surface area contributed by atoms with Crippen LogP contribution in [0.25, 0.3) is 5.65 Å². The van der Waals surface area contributed by atoms with E-state index in [2.05, 4.69) is 25.3 Å². The highest BCUT2D eigenvalue weighted by atomic mass is 19.3. The molecular formula is C22H25F2N5O3. The van der Waals surface area contributed by atoms with Gasteiger partial charge in [0.25, 0.3) is 0 Å². The Balaban J connectivity index is 1.43. The monoisotopic (exact) mass is 445 g/mol. The zero-order valence-corrected chi connectivity index (χ0v) is 17.9. The molecule has 3 heterocycles. The molecule has 0 saturated carbocycles. The lowest BCUT2D eigenvalue weighted by Crippen LogP contribution is -2.38. The highest BCUT2D eigenvalue weighted by molar-refractivity contribution is 5.79. The van der Waals surface area contributed by atoms with Gasteiger partial charge in [0.05, 0.1) is 12.2 Å². The summed E-state index contributed by atoms with van der Waals surface area (Å²) in [6, 6.07) is 7.05. The van der Waals surface area contributed by atoms with Crippen LogP contribution in [-0.4, -0.2) is 41.8 Å². The van der Waals surface area contributed by atoms with Crippen molar-refractivity contribution < 1.29 is 23.0 Å². The SMILES string of the molecule is CCNC(=NCc1cc2c(cc1OC(F)F)OCO2)NCCc1cn2cccc(C)c2n1. The van der Waals surface area contributed by atoms with E-state index in [0.717, 1.165) is 16.9 Å². The number of hydrogen-bond donors (Lipinski definition) is 2. The molecule has 3 aromatic rings. The zero-order valence-electron chi connectivity index (χ0n) is 17.9. The van der Waals surface area contributed by atoms with Gasteiger partial charge in [-0.05, 0) is 31.5 Å². The Morgan fingerprint density at radius 1 is 1.28 bits per heavy atom. The number of nitrogens with zero attached hydrogens (tertiary/aromatic N) is 3. The molecule has 0 saturated heterocycles. The summed E-state index contributed by atoms with van der Waals surface area (Å²) < 4.78 is 42.9. The maximum absolute atomic E-state index is 12.8. The first kappa shape index (κ1) is 21.7. The molecule has 2 aromatic heterocycles. The van der Waals surface area contributed by atoms with Gasteiger partial charge < -0.3 is 29.2 Å². The molecule has 1 aromatic carbocycles. The van der Waals surface area contributed by atoms with E-state index in [0.29, 0.717) is 42.5 Å². The van der Waals surface area contributed by atoms with Crippen molar-refractivity contribution in [1.29, 1.82) is 0 Å². The lowest BCUT2D eigenvalue weighted by Gasteiger charge is -2.13. The van der Waals surface area contributed by atoms with E-state index in [1.165, 1.54) is 6.07 Å². The molecule has 0 amide bonds. The molecule has 32 heavy (non-hydrogen) atoms. The standard InChI is InChI=1S/C22H25F2N5O3/c1-3-25-22(26-7-6-16-12-29-8-4-5-14(2)20(29)28-16)27-11-15-9-18-19(31-13-30-18)10-17(15)32-21(23)24/h4-5,8-10,12,21H,3,6-7,11,13H2,1-2H3,(H2,25,26,27). The van der Waals surface area contributed by atoms with Crippen molar-refractivity contribution in [2.45, 2.75) is 33.4 Å². The quantitative estimate of drug-likeness (QED) is 0.409. The second-order valence-corrected chi connectivity index (χ2v) is 7.22. The van der Waals surface area contributed by atoms with E-state index in [9.17, 15) is 8.78 Å². The van der Waals surface area contributed by atoms with Gasteiger partial charge in [0, 0.05) is 43.5 Å². The number of guanidine groups is 1. The van der Waals surface area contributed by atoms with Crippen molar-refractivity contribution in [2.75, 3.05) is 19.9 Å². The number of aryl methyl sites for hydroxylation is 1. The summed E-state index contributed by atoms with van der Waals surface area (Å²) in [7, 11) is 0. The van der Waals surface area contributed by atoms with Crippen LogP contribution >= 0.6 is 0 Å². The van der Waals surface area contributed by atoms with Crippen molar-refractivity contribution in [3.63, 3.8) is 0 Å². The van der Waals surface area contributed by atoms with Crippen LogP contribution in [0.4, 0.5) is 8.78 Å². The molecule has 1 aliphatic heterocycles. The molecule has 0 aliphatic carbocycles. The Hall–Kier alpha value is -3.56. The third kappa shape index (κ3) is 5.01. The Morgan fingerprint density at radius 2 is 2.09 bits per heavy atom. The molecule has 0 atom stereocenters. The normalized spacial score (nSPS) is 13.1. The number of rotatable bonds is 8. The number of alkyl halides is 2. The molecular weight excluding hydrogens is 420 g/mol. The minimum absolute atomic E-state index is 0.0175. The summed E-state index contributed by atoms with van der Waals surface area (Å²) in [5, 5.41) is 6.41. The maximum Gasteiger partial charge on any atom is 0.387 e. The fourth-order valence-corrected chi connectivity index (χ4v) is 3.43. The third-order valence-corrected chi connectivity index (χ3v) is 4.92. The number of aliphatic imine (C=N–C) groups is 1. The molecule has 0 unspecified atom stereocenters. The molecule has 0 fully saturated rings. The highest BCUT2D eigenvalue weighted by Crippen LogP contribution is 2.39. The van der Waals surface area contributed by atoms with Crippen molar-refractivity contribution in [3.05, 3.63) is 53.5 Å². The van der Waals surface area contributed by atoms with Crippen LogP contribution in [0.3, 0.4) is 0 Å². The number of nitrogens with one attached hydrogen (secondary N) is 2. The summed E-state index contributed by atoms with van der Waals surface area (Å²) in [6.07, 6.45) is 4.69. The fourth-order valence-electron chi connectivity index (χ4n) is 3.43. The van der Waals surface area contributed by atoms with Crippen LogP contribution in [0.2, 0.25) is 0 Å². The first-order chi connectivity index (χ1) is 15.5. The average Bonchev–Trinajstić information content (AvgIpc) is 3.38. The predicted octanol–water partition coefficient (Wildman–Crippen LogP) is 3.27. The topological polar surface area (TPSA) is 81.4 Å². The molecule has 0 bridgehead atoms. The van der Waals surface area contributed by atoms with E-state index >= 15 is 0 Å². The summed E-state index contributed by atoms with van der Waals surface area (Å²) in [4.78, 5) is 9.18. The predicted molar refractivity (Wildman–Crippen MR) is 116 cm³/mol. The molecule has 0 radical (unpaired) electrons. The van der Waals surface area contributed by atoms with Crippen LogP contribution in [0, 0.1) is 6.92 Å². The summed E-state index contributed by atoms with van der Waals surface area (Å²) in [5.41, 5.74) is 3.50. The van der Waals surface area contributed by atoms with Crippen molar-refractivity contribution in [2.24, 2.45) is 4.99 Å². The summed E-state index contributed by atoms with van der Waals surface area (Å²) >= 11 is 0. The van der Waals surface area contributed by atoms with Gasteiger partial charge in [-0.15, -0.1) is 0 Å². The largest absolute Gasteiger partial charge is 0.454 e. The van der Waals surface area contributed by atoms with Gasteiger partial charge in [0.15, 0.2) is 17.5 Å². The van der Waals surface area contributed by atoms with E-state index in [1.54, 1.807) is 6.07 Å². The first-order valence-electron chi connectivity index (χ1n) is 10.4. The number of pyridine rings is 1. The lowest BCUT2D eigenvalue weighted by molar-refractivity contribution is -0.0505. The molecule has 1 aliphatic rings. The Labute approximate surface area is 184 Å². The zero-order chi connectivity index (χ0) is 22.5. The van der Waals surface area contributed by atoms with Gasteiger partial charge in [-0.25, -0.2) is 9.98 Å². The van der Waals surface area contributed by atoms with Gasteiger partial charge in [-0.3, -0.25) is 0 Å². The maximum atomic E-state index is 12.8. The van der Waals surface area contributed by atoms with Crippen LogP contribution in [-0.2, 0) is 13.0 Å². The van der Waals surface area contributed by atoms with Crippen molar-refractivity contribution in [3.8, 4) is 17.2 Å². The second-order valence-electron chi connectivity index (χ2n) is 7.22. The average molecular weight is 445 g/mol. The summed E-state index contributed by atoms with van der Waals surface area (Å²) in [6.45, 7) is 2.47. The number of imidazole rings is 1. The number of ether oxygens (including phenoxy) is 3. The molecule has 8 nitrogen and oxygen atoms in total. The number of aromatic nitrogens is 2. The number of halogens is 2. The lowest BCUT2D eigenvalue weighted by atomic mass is 10.1. The van der Waals surface area contributed by atoms with Gasteiger partial charge >= 0.3 is 6.61 Å². The van der Waals surface area contributed by atoms with Gasteiger partial charge in [-0.1, -0.05) is 6.07 Å². The van der Waals surface area contributed by atoms with Crippen molar-refractivity contribution in [1.82, 2.24) is 20.0 Å².